The van der Waals surface area contributed by atoms with E-state index in [1.165, 1.54) is 32.1 Å². The Kier molecular flexibility index (Phi) is 5.22. The lowest BCUT2D eigenvalue weighted by Gasteiger charge is -2.29. The van der Waals surface area contributed by atoms with Gasteiger partial charge in [-0.1, -0.05) is 19.3 Å². The second-order valence-electron chi connectivity index (χ2n) is 6.56. The lowest BCUT2D eigenvalue weighted by molar-refractivity contribution is -0.133. The van der Waals surface area contributed by atoms with Gasteiger partial charge in [0.2, 0.25) is 5.91 Å². The molecule has 2 rings (SSSR count). The van der Waals surface area contributed by atoms with Crippen molar-refractivity contribution >= 4 is 5.91 Å². The van der Waals surface area contributed by atoms with Crippen molar-refractivity contribution < 1.29 is 9.90 Å². The van der Waals surface area contributed by atoms with Gasteiger partial charge < -0.3 is 14.9 Å². The van der Waals surface area contributed by atoms with Gasteiger partial charge in [0.1, 0.15) is 0 Å². The van der Waals surface area contributed by atoms with Gasteiger partial charge in [-0.15, -0.1) is 0 Å². The van der Waals surface area contributed by atoms with Gasteiger partial charge in [-0.3, -0.25) is 4.79 Å². The third kappa shape index (κ3) is 4.18. The third-order valence-electron chi connectivity index (χ3n) is 4.48. The van der Waals surface area contributed by atoms with Crippen LogP contribution >= 0.6 is 0 Å². The van der Waals surface area contributed by atoms with Gasteiger partial charge >= 0.3 is 0 Å². The van der Waals surface area contributed by atoms with Crippen molar-refractivity contribution in [1.29, 1.82) is 0 Å². The summed E-state index contributed by atoms with van der Waals surface area (Å²) >= 11 is 0. The lowest BCUT2D eigenvalue weighted by Crippen LogP contribution is -2.42. The number of hydrogen-bond acceptors (Lipinski definition) is 3. The molecule has 1 N–H and O–H groups in total. The Hall–Kier alpha value is -0.610. The van der Waals surface area contributed by atoms with Gasteiger partial charge in [-0.2, -0.15) is 0 Å². The Morgan fingerprint density at radius 1 is 1.26 bits per heavy atom. The highest BCUT2D eigenvalue weighted by Gasteiger charge is 2.35. The van der Waals surface area contributed by atoms with E-state index < -0.39 is 0 Å². The first-order valence-corrected chi connectivity index (χ1v) is 7.68. The van der Waals surface area contributed by atoms with E-state index in [9.17, 15) is 9.90 Å². The summed E-state index contributed by atoms with van der Waals surface area (Å²) in [5, 5.41) is 9.83. The zero-order chi connectivity index (χ0) is 13.8. The Morgan fingerprint density at radius 2 is 1.95 bits per heavy atom. The molecule has 0 aromatic rings. The minimum atomic E-state index is -0.333. The predicted octanol–water partition coefficient (Wildman–Crippen LogP) is 1.48. The molecule has 4 heteroatoms. The van der Waals surface area contributed by atoms with Crippen LogP contribution in [0.1, 0.15) is 44.9 Å². The molecule has 19 heavy (non-hydrogen) atoms. The fraction of sp³-hybridized carbons (Fsp3) is 0.933. The number of β-amino-alcohol motifs (C(OH)–C–C–N with tert-alkyl or cyclic N) is 1. The Labute approximate surface area is 116 Å². The van der Waals surface area contributed by atoms with Crippen LogP contribution in [0.4, 0.5) is 0 Å². The summed E-state index contributed by atoms with van der Waals surface area (Å²) in [7, 11) is 4.04. The molecule has 4 nitrogen and oxygen atoms in total. The highest BCUT2D eigenvalue weighted by atomic mass is 16.3. The number of likely N-dealkylation sites (N-methyl/N-ethyl adjacent to an activating group) is 1. The number of aliphatic hydroxyl groups excluding tert-OH is 1. The zero-order valence-electron chi connectivity index (χ0n) is 12.3. The monoisotopic (exact) mass is 268 g/mol. The number of carbonyl (C=O) groups excluding carboxylic acids is 1. The van der Waals surface area contributed by atoms with Crippen molar-refractivity contribution in [2.24, 2.45) is 5.92 Å². The van der Waals surface area contributed by atoms with Crippen LogP contribution in [-0.2, 0) is 4.79 Å². The van der Waals surface area contributed by atoms with Gasteiger partial charge in [-0.25, -0.2) is 0 Å². The SMILES string of the molecule is CN(C)CC1CC(O)CN1C(=O)CC1CCCCC1. The molecule has 0 aromatic heterocycles. The number of rotatable bonds is 4. The minimum Gasteiger partial charge on any atom is -0.391 e. The van der Waals surface area contributed by atoms with Crippen LogP contribution in [0.25, 0.3) is 0 Å². The van der Waals surface area contributed by atoms with Crippen molar-refractivity contribution in [3.8, 4) is 0 Å². The summed E-state index contributed by atoms with van der Waals surface area (Å²) in [5.74, 6) is 0.842. The van der Waals surface area contributed by atoms with E-state index >= 15 is 0 Å². The van der Waals surface area contributed by atoms with Gasteiger partial charge in [0.05, 0.1) is 6.10 Å². The van der Waals surface area contributed by atoms with Gasteiger partial charge in [0.15, 0.2) is 0 Å². The van der Waals surface area contributed by atoms with E-state index in [2.05, 4.69) is 4.90 Å². The van der Waals surface area contributed by atoms with E-state index in [1.807, 2.05) is 19.0 Å². The summed E-state index contributed by atoms with van der Waals surface area (Å²) in [6.45, 7) is 1.39. The summed E-state index contributed by atoms with van der Waals surface area (Å²) in [6.07, 6.45) is 7.40. The first-order valence-electron chi connectivity index (χ1n) is 7.68. The molecule has 2 atom stereocenters. The molecule has 2 fully saturated rings. The number of carbonyl (C=O) groups is 1. The summed E-state index contributed by atoms with van der Waals surface area (Å²) in [5.41, 5.74) is 0. The van der Waals surface area contributed by atoms with Gasteiger partial charge in [0.25, 0.3) is 0 Å². The van der Waals surface area contributed by atoms with Gasteiger partial charge in [0, 0.05) is 25.6 Å². The number of likely N-dealkylation sites (tertiary alicyclic amines) is 1. The molecule has 110 valence electrons. The molecule has 0 radical (unpaired) electrons. The normalized spacial score (nSPS) is 29.2. The maximum absolute atomic E-state index is 12.4. The average Bonchev–Trinajstić information content (AvgIpc) is 2.70. The van der Waals surface area contributed by atoms with Crippen LogP contribution in [0.15, 0.2) is 0 Å². The second kappa shape index (κ2) is 6.71. The fourth-order valence-corrected chi connectivity index (χ4v) is 3.55. The molecular formula is C15H28N2O2. The van der Waals surface area contributed by atoms with Crippen LogP contribution in [0.5, 0.6) is 0 Å². The number of amides is 1. The van der Waals surface area contributed by atoms with Crippen molar-refractivity contribution in [2.45, 2.75) is 57.1 Å². The maximum atomic E-state index is 12.4. The van der Waals surface area contributed by atoms with Crippen molar-refractivity contribution in [3.63, 3.8) is 0 Å². The van der Waals surface area contributed by atoms with Crippen LogP contribution in [-0.4, -0.2) is 60.1 Å². The standard InChI is InChI=1S/C15H28N2O2/c1-16(2)10-13-9-14(18)11-17(13)15(19)8-12-6-4-3-5-7-12/h12-14,18H,3-11H2,1-2H3. The molecule has 2 unspecified atom stereocenters. The van der Waals surface area contributed by atoms with Crippen LogP contribution in [0.3, 0.4) is 0 Å². The Balaban J connectivity index is 1.88. The molecule has 1 aliphatic carbocycles. The molecule has 2 aliphatic rings. The Bertz CT molecular complexity index is 301. The first-order chi connectivity index (χ1) is 9.06. The lowest BCUT2D eigenvalue weighted by atomic mass is 9.86. The minimum absolute atomic E-state index is 0.195. The molecule has 1 saturated carbocycles. The summed E-state index contributed by atoms with van der Waals surface area (Å²) < 4.78 is 0. The van der Waals surface area contributed by atoms with Gasteiger partial charge in [-0.05, 0) is 39.3 Å². The second-order valence-corrected chi connectivity index (χ2v) is 6.56. The number of nitrogens with zero attached hydrogens (tertiary/aromatic N) is 2. The molecule has 1 saturated heterocycles. The summed E-state index contributed by atoms with van der Waals surface area (Å²) in [6, 6.07) is 0.195. The largest absolute Gasteiger partial charge is 0.391 e. The molecule has 1 amide bonds. The number of hydrogen-bond donors (Lipinski definition) is 1. The highest BCUT2D eigenvalue weighted by molar-refractivity contribution is 5.77. The fourth-order valence-electron chi connectivity index (χ4n) is 3.55. The quantitative estimate of drug-likeness (QED) is 0.840. The van der Waals surface area contributed by atoms with E-state index in [1.54, 1.807) is 0 Å². The first kappa shape index (κ1) is 14.8. The van der Waals surface area contributed by atoms with Crippen LogP contribution < -0.4 is 0 Å². The molecule has 0 spiro atoms. The third-order valence-corrected chi connectivity index (χ3v) is 4.48. The topological polar surface area (TPSA) is 43.8 Å². The highest BCUT2D eigenvalue weighted by Crippen LogP contribution is 2.28. The molecular weight excluding hydrogens is 240 g/mol. The van der Waals surface area contributed by atoms with Crippen LogP contribution in [0, 0.1) is 5.92 Å². The molecule has 1 aliphatic heterocycles. The molecule has 0 aromatic carbocycles. The Morgan fingerprint density at radius 3 is 2.58 bits per heavy atom. The average molecular weight is 268 g/mol. The molecule has 0 bridgehead atoms. The number of aliphatic hydroxyl groups is 1. The van der Waals surface area contributed by atoms with E-state index in [0.29, 0.717) is 18.9 Å². The summed E-state index contributed by atoms with van der Waals surface area (Å²) in [4.78, 5) is 16.5. The van der Waals surface area contributed by atoms with Crippen molar-refractivity contribution in [3.05, 3.63) is 0 Å². The zero-order valence-corrected chi connectivity index (χ0v) is 12.3. The van der Waals surface area contributed by atoms with E-state index in [-0.39, 0.29) is 18.1 Å². The predicted molar refractivity (Wildman–Crippen MR) is 75.9 cm³/mol. The van der Waals surface area contributed by atoms with Crippen LogP contribution in [0.2, 0.25) is 0 Å². The van der Waals surface area contributed by atoms with Crippen molar-refractivity contribution in [2.75, 3.05) is 27.2 Å². The van der Waals surface area contributed by atoms with E-state index in [4.69, 9.17) is 0 Å². The maximum Gasteiger partial charge on any atom is 0.223 e. The smallest absolute Gasteiger partial charge is 0.223 e. The molecule has 1 heterocycles. The van der Waals surface area contributed by atoms with Crippen molar-refractivity contribution in [1.82, 2.24) is 9.80 Å². The van der Waals surface area contributed by atoms with E-state index in [0.717, 1.165) is 13.0 Å².